The number of carbonyl (C=O) groups excluding carboxylic acids is 1. The van der Waals surface area contributed by atoms with Crippen molar-refractivity contribution in [3.05, 3.63) is 29.3 Å². The van der Waals surface area contributed by atoms with Crippen LogP contribution < -0.4 is 0 Å². The Morgan fingerprint density at radius 2 is 1.74 bits per heavy atom. The summed E-state index contributed by atoms with van der Waals surface area (Å²) in [5, 5.41) is 0. The summed E-state index contributed by atoms with van der Waals surface area (Å²) in [6.07, 6.45) is -4.88. The van der Waals surface area contributed by atoms with Crippen molar-refractivity contribution < 1.29 is 31.1 Å². The number of thioether (sulfide) groups is 1. The molecule has 0 N–H and O–H groups in total. The van der Waals surface area contributed by atoms with Gasteiger partial charge in [0.05, 0.1) is 5.56 Å². The molecular weight excluding hydrogens is 294 g/mol. The molecule has 1 aromatic carbocycles. The van der Waals surface area contributed by atoms with Crippen LogP contribution in [0.3, 0.4) is 0 Å². The fourth-order valence-corrected chi connectivity index (χ4v) is 2.00. The van der Waals surface area contributed by atoms with E-state index >= 15 is 0 Å². The van der Waals surface area contributed by atoms with Gasteiger partial charge in [0, 0.05) is 16.9 Å². The molecule has 0 aliphatic rings. The minimum atomic E-state index is -4.70. The summed E-state index contributed by atoms with van der Waals surface area (Å²) in [7, 11) is 0. The Morgan fingerprint density at radius 3 is 2.16 bits per heavy atom. The third-order valence-electron chi connectivity index (χ3n) is 2.15. The summed E-state index contributed by atoms with van der Waals surface area (Å²) in [5.41, 5.74) is -6.36. The van der Waals surface area contributed by atoms with E-state index in [0.29, 0.717) is 18.2 Å². The lowest BCUT2D eigenvalue weighted by Crippen LogP contribution is -2.10. The molecule has 0 unspecified atom stereocenters. The largest absolute Gasteiger partial charge is 0.446 e. The molecule has 0 aliphatic heterocycles. The summed E-state index contributed by atoms with van der Waals surface area (Å²) < 4.78 is 74.2. The molecule has 0 fully saturated rings. The third-order valence-corrected chi connectivity index (χ3v) is 2.96. The highest BCUT2D eigenvalue weighted by molar-refractivity contribution is 8.00. The fraction of sp³-hybridized carbons (Fsp3) is 0.364. The van der Waals surface area contributed by atoms with Gasteiger partial charge in [-0.05, 0) is 30.0 Å². The lowest BCUT2D eigenvalue weighted by atomic mass is 10.1. The highest BCUT2D eigenvalue weighted by atomic mass is 32.2. The quantitative estimate of drug-likeness (QED) is 0.448. The highest BCUT2D eigenvalue weighted by Crippen LogP contribution is 2.40. The van der Waals surface area contributed by atoms with Gasteiger partial charge in [-0.1, -0.05) is 6.92 Å². The van der Waals surface area contributed by atoms with E-state index in [1.807, 2.05) is 0 Å². The van der Waals surface area contributed by atoms with Crippen LogP contribution in [0.5, 0.6) is 0 Å². The molecular formula is C11H8F6OS. The Morgan fingerprint density at radius 1 is 1.16 bits per heavy atom. The second kappa shape index (κ2) is 5.44. The van der Waals surface area contributed by atoms with E-state index in [4.69, 9.17) is 0 Å². The average molecular weight is 302 g/mol. The zero-order chi connectivity index (χ0) is 14.8. The number of hydrogen-bond donors (Lipinski definition) is 0. The topological polar surface area (TPSA) is 17.1 Å². The van der Waals surface area contributed by atoms with E-state index in [0.717, 1.165) is 0 Å². The first-order chi connectivity index (χ1) is 8.54. The summed E-state index contributed by atoms with van der Waals surface area (Å²) in [6, 6.07) is 1.66. The van der Waals surface area contributed by atoms with Gasteiger partial charge in [0.2, 0.25) is 0 Å². The maximum absolute atomic E-state index is 12.5. The normalized spacial score (nSPS) is 12.6. The number of hydrogen-bond acceptors (Lipinski definition) is 2. The smallest absolute Gasteiger partial charge is 0.294 e. The van der Waals surface area contributed by atoms with Gasteiger partial charge in [0.1, 0.15) is 0 Å². The van der Waals surface area contributed by atoms with Gasteiger partial charge >= 0.3 is 11.7 Å². The number of ketones is 1. The van der Waals surface area contributed by atoms with Crippen LogP contribution >= 0.6 is 11.8 Å². The predicted octanol–water partition coefficient (Wildman–Crippen LogP) is 4.91. The molecule has 0 bridgehead atoms. The first kappa shape index (κ1) is 15.9. The van der Waals surface area contributed by atoms with Gasteiger partial charge in [-0.2, -0.15) is 26.3 Å². The molecule has 106 valence electrons. The molecule has 1 nitrogen and oxygen atoms in total. The standard InChI is InChI=1S/C11H8F6OS/c1-2-8(18)7-5-6(10(12,13)14)3-4-9(7)19-11(15,16)17/h3-5H,2H2,1H3. The maximum atomic E-state index is 12.5. The molecule has 1 rings (SSSR count). The highest BCUT2D eigenvalue weighted by Gasteiger charge is 2.34. The van der Waals surface area contributed by atoms with Crippen molar-refractivity contribution >= 4 is 17.5 Å². The summed E-state index contributed by atoms with van der Waals surface area (Å²) >= 11 is -0.598. The fourth-order valence-electron chi connectivity index (χ4n) is 1.33. The number of benzene rings is 1. The Balaban J connectivity index is 3.29. The summed E-state index contributed by atoms with van der Waals surface area (Å²) in [6.45, 7) is 1.37. The molecule has 0 heterocycles. The molecule has 0 amide bonds. The minimum absolute atomic E-state index is 0.174. The lowest BCUT2D eigenvalue weighted by molar-refractivity contribution is -0.137. The zero-order valence-corrected chi connectivity index (χ0v) is 10.3. The number of alkyl halides is 6. The Kier molecular flexibility index (Phi) is 4.54. The van der Waals surface area contributed by atoms with Gasteiger partial charge in [0.25, 0.3) is 0 Å². The Bertz CT molecular complexity index is 477. The lowest BCUT2D eigenvalue weighted by Gasteiger charge is -2.13. The van der Waals surface area contributed by atoms with E-state index in [-0.39, 0.29) is 6.42 Å². The van der Waals surface area contributed by atoms with E-state index in [9.17, 15) is 31.1 Å². The van der Waals surface area contributed by atoms with Crippen molar-refractivity contribution in [2.45, 2.75) is 29.9 Å². The molecule has 19 heavy (non-hydrogen) atoms. The number of rotatable bonds is 3. The Hall–Kier alpha value is -1.18. The van der Waals surface area contributed by atoms with E-state index in [1.165, 1.54) is 6.92 Å². The monoisotopic (exact) mass is 302 g/mol. The van der Waals surface area contributed by atoms with Crippen molar-refractivity contribution in [3.63, 3.8) is 0 Å². The van der Waals surface area contributed by atoms with Crippen LogP contribution in [0.15, 0.2) is 23.1 Å². The molecule has 0 aliphatic carbocycles. The van der Waals surface area contributed by atoms with Crippen LogP contribution in [-0.4, -0.2) is 11.3 Å². The van der Waals surface area contributed by atoms with Crippen molar-refractivity contribution in [2.75, 3.05) is 0 Å². The van der Waals surface area contributed by atoms with Crippen LogP contribution in [0, 0.1) is 0 Å². The molecule has 0 spiro atoms. The van der Waals surface area contributed by atoms with Gasteiger partial charge in [-0.3, -0.25) is 4.79 Å². The van der Waals surface area contributed by atoms with E-state index in [1.54, 1.807) is 0 Å². The average Bonchev–Trinajstić information content (AvgIpc) is 2.25. The van der Waals surface area contributed by atoms with Crippen molar-refractivity contribution in [3.8, 4) is 0 Å². The van der Waals surface area contributed by atoms with Crippen LogP contribution in [0.25, 0.3) is 0 Å². The Labute approximate surface area is 109 Å². The molecule has 0 radical (unpaired) electrons. The van der Waals surface area contributed by atoms with Crippen molar-refractivity contribution in [1.29, 1.82) is 0 Å². The van der Waals surface area contributed by atoms with Gasteiger partial charge in [-0.25, -0.2) is 0 Å². The van der Waals surface area contributed by atoms with Crippen LogP contribution in [0.4, 0.5) is 26.3 Å². The summed E-state index contributed by atoms with van der Waals surface area (Å²) in [5.74, 6) is -0.766. The molecule has 0 aromatic heterocycles. The number of carbonyl (C=O) groups is 1. The zero-order valence-electron chi connectivity index (χ0n) is 9.52. The van der Waals surface area contributed by atoms with Crippen molar-refractivity contribution in [1.82, 2.24) is 0 Å². The molecule has 1 aromatic rings. The van der Waals surface area contributed by atoms with E-state index in [2.05, 4.69) is 0 Å². The number of halogens is 6. The molecule has 0 saturated heterocycles. The van der Waals surface area contributed by atoms with Gasteiger partial charge < -0.3 is 0 Å². The summed E-state index contributed by atoms with van der Waals surface area (Å²) in [4.78, 5) is 10.9. The van der Waals surface area contributed by atoms with Crippen LogP contribution in [0.2, 0.25) is 0 Å². The van der Waals surface area contributed by atoms with E-state index < -0.39 is 45.3 Å². The molecule has 0 atom stereocenters. The predicted molar refractivity (Wildman–Crippen MR) is 58.0 cm³/mol. The SMILES string of the molecule is CCC(=O)c1cc(C(F)(F)F)ccc1SC(F)(F)F. The van der Waals surface area contributed by atoms with Gasteiger partial charge in [0.15, 0.2) is 5.78 Å². The maximum Gasteiger partial charge on any atom is 0.446 e. The van der Waals surface area contributed by atoms with Gasteiger partial charge in [-0.15, -0.1) is 0 Å². The minimum Gasteiger partial charge on any atom is -0.294 e. The van der Waals surface area contributed by atoms with Crippen molar-refractivity contribution in [2.24, 2.45) is 0 Å². The first-order valence-corrected chi connectivity index (χ1v) is 5.86. The number of Topliss-reactive ketones (excluding diaryl/α,β-unsaturated/α-hetero) is 1. The molecule has 8 heteroatoms. The van der Waals surface area contributed by atoms with Crippen LogP contribution in [0.1, 0.15) is 29.3 Å². The first-order valence-electron chi connectivity index (χ1n) is 5.04. The second-order valence-corrected chi connectivity index (χ2v) is 4.64. The third kappa shape index (κ3) is 4.45. The molecule has 0 saturated carbocycles. The van der Waals surface area contributed by atoms with Crippen LogP contribution in [-0.2, 0) is 6.18 Å². The second-order valence-electron chi connectivity index (χ2n) is 3.53.